The molecule has 0 amide bonds. The molecule has 1 N–H and O–H groups in total. The van der Waals surface area contributed by atoms with Crippen molar-refractivity contribution in [1.29, 1.82) is 0 Å². The van der Waals surface area contributed by atoms with E-state index in [0.29, 0.717) is 29.4 Å². The number of carbonyl (C=O) groups is 1. The summed E-state index contributed by atoms with van der Waals surface area (Å²) in [5.41, 5.74) is 2.32. The molecule has 8 nitrogen and oxygen atoms in total. The summed E-state index contributed by atoms with van der Waals surface area (Å²) in [7, 11) is 3.16. The van der Waals surface area contributed by atoms with Gasteiger partial charge < -0.3 is 14.8 Å². The quantitative estimate of drug-likeness (QED) is 0.794. The van der Waals surface area contributed by atoms with E-state index in [9.17, 15) is 4.79 Å². The van der Waals surface area contributed by atoms with Crippen molar-refractivity contribution in [3.05, 3.63) is 33.4 Å². The molecule has 0 saturated heterocycles. The third-order valence-electron chi connectivity index (χ3n) is 4.97. The summed E-state index contributed by atoms with van der Waals surface area (Å²) in [6.07, 6.45) is 1.24. The molecule has 0 radical (unpaired) electrons. The van der Waals surface area contributed by atoms with E-state index in [-0.39, 0.29) is 11.2 Å². The fourth-order valence-corrected chi connectivity index (χ4v) is 4.50. The van der Waals surface area contributed by atoms with Crippen LogP contribution in [0.4, 0.5) is 5.95 Å². The van der Waals surface area contributed by atoms with Crippen LogP contribution in [0.5, 0.6) is 11.5 Å². The highest BCUT2D eigenvalue weighted by Crippen LogP contribution is 2.47. The predicted octanol–water partition coefficient (Wildman–Crippen LogP) is 3.11. The van der Waals surface area contributed by atoms with Crippen LogP contribution in [0.25, 0.3) is 0 Å². The summed E-state index contributed by atoms with van der Waals surface area (Å²) in [5, 5.41) is 15.2. The van der Waals surface area contributed by atoms with Gasteiger partial charge in [-0.2, -0.15) is 4.68 Å². The number of halogens is 1. The smallest absolute Gasteiger partial charge is 0.248 e. The van der Waals surface area contributed by atoms with Crippen molar-refractivity contribution in [2.24, 2.45) is 5.41 Å². The average molecular weight is 434 g/mol. The van der Waals surface area contributed by atoms with Crippen LogP contribution in [0.3, 0.4) is 0 Å². The second kappa shape index (κ2) is 6.33. The van der Waals surface area contributed by atoms with Crippen molar-refractivity contribution in [2.75, 3.05) is 19.5 Å². The molecule has 1 aliphatic heterocycles. The molecule has 1 atom stereocenters. The second-order valence-electron chi connectivity index (χ2n) is 7.55. The molecule has 2 heterocycles. The van der Waals surface area contributed by atoms with Gasteiger partial charge in [-0.3, -0.25) is 4.79 Å². The Labute approximate surface area is 165 Å². The highest BCUT2D eigenvalue weighted by Gasteiger charge is 2.42. The summed E-state index contributed by atoms with van der Waals surface area (Å²) in [6, 6.07) is 3.36. The van der Waals surface area contributed by atoms with Gasteiger partial charge in [0.1, 0.15) is 6.04 Å². The third kappa shape index (κ3) is 2.90. The van der Waals surface area contributed by atoms with Crippen LogP contribution in [0, 0.1) is 5.41 Å². The molecule has 0 bridgehead atoms. The zero-order valence-electron chi connectivity index (χ0n) is 15.5. The van der Waals surface area contributed by atoms with Gasteiger partial charge in [-0.05, 0) is 55.9 Å². The first-order valence-electron chi connectivity index (χ1n) is 8.57. The zero-order chi connectivity index (χ0) is 19.3. The predicted molar refractivity (Wildman–Crippen MR) is 102 cm³/mol. The van der Waals surface area contributed by atoms with Crippen LogP contribution in [0.15, 0.2) is 27.9 Å². The number of fused-ring (bicyclic) bond motifs is 1. The minimum atomic E-state index is -0.425. The number of rotatable bonds is 3. The number of benzene rings is 1. The van der Waals surface area contributed by atoms with E-state index in [0.717, 1.165) is 22.2 Å². The highest BCUT2D eigenvalue weighted by molar-refractivity contribution is 9.10. The molecule has 4 rings (SSSR count). The lowest BCUT2D eigenvalue weighted by Crippen LogP contribution is -2.36. The van der Waals surface area contributed by atoms with E-state index >= 15 is 0 Å². The molecular formula is C18H20BrN5O3. The van der Waals surface area contributed by atoms with E-state index in [1.54, 1.807) is 18.9 Å². The molecule has 0 fully saturated rings. The highest BCUT2D eigenvalue weighted by atomic mass is 79.9. The summed E-state index contributed by atoms with van der Waals surface area (Å²) < 4.78 is 13.3. The number of allylic oxidation sites excluding steroid dienone is 2. The van der Waals surface area contributed by atoms with Gasteiger partial charge in [0.05, 0.1) is 18.7 Å². The molecule has 27 heavy (non-hydrogen) atoms. The number of tetrazole rings is 1. The van der Waals surface area contributed by atoms with Gasteiger partial charge in [-0.1, -0.05) is 18.9 Å². The third-order valence-corrected chi connectivity index (χ3v) is 5.55. The SMILES string of the molecule is COc1cc(C2C3=C(CC(C)(C)CC3=O)Nc3nnnn32)cc(Br)c1OC. The fraction of sp³-hybridized carbons (Fsp3) is 0.444. The molecule has 2 aromatic rings. The van der Waals surface area contributed by atoms with Crippen molar-refractivity contribution in [3.63, 3.8) is 0 Å². The fourth-order valence-electron chi connectivity index (χ4n) is 3.87. The zero-order valence-corrected chi connectivity index (χ0v) is 17.1. The Kier molecular flexibility index (Phi) is 4.21. The van der Waals surface area contributed by atoms with Gasteiger partial charge in [0.15, 0.2) is 17.3 Å². The first kappa shape index (κ1) is 18.0. The van der Waals surface area contributed by atoms with Crippen molar-refractivity contribution in [1.82, 2.24) is 20.2 Å². The Hall–Kier alpha value is -2.42. The van der Waals surface area contributed by atoms with Crippen molar-refractivity contribution in [3.8, 4) is 11.5 Å². The molecule has 1 unspecified atom stereocenters. The number of ketones is 1. The Morgan fingerprint density at radius 3 is 2.74 bits per heavy atom. The average Bonchev–Trinajstić information content (AvgIpc) is 3.06. The molecule has 142 valence electrons. The van der Waals surface area contributed by atoms with E-state index in [1.165, 1.54) is 0 Å². The molecule has 1 aromatic carbocycles. The number of hydrogen-bond donors (Lipinski definition) is 1. The van der Waals surface area contributed by atoms with Gasteiger partial charge >= 0.3 is 0 Å². The number of methoxy groups -OCH3 is 2. The molecule has 1 aliphatic carbocycles. The summed E-state index contributed by atoms with van der Waals surface area (Å²) in [5.74, 6) is 1.79. The minimum Gasteiger partial charge on any atom is -0.493 e. The molecular weight excluding hydrogens is 414 g/mol. The normalized spacial score (nSPS) is 20.6. The molecule has 0 saturated carbocycles. The van der Waals surface area contributed by atoms with Gasteiger partial charge in [-0.25, -0.2) is 0 Å². The maximum atomic E-state index is 13.1. The van der Waals surface area contributed by atoms with E-state index in [2.05, 4.69) is 50.6 Å². The standard InChI is InChI=1S/C18H20BrN5O3/c1-18(2)7-11-14(12(25)8-18)15(24-17(20-11)21-22-23-24)9-5-10(19)16(27-4)13(6-9)26-3/h5-6,15H,7-8H2,1-4H3,(H,20,21,23). The first-order valence-corrected chi connectivity index (χ1v) is 9.36. The summed E-state index contributed by atoms with van der Waals surface area (Å²) >= 11 is 3.53. The number of carbonyl (C=O) groups excluding carboxylic acids is 1. The van der Waals surface area contributed by atoms with Crippen molar-refractivity contribution < 1.29 is 14.3 Å². The molecule has 0 spiro atoms. The minimum absolute atomic E-state index is 0.103. The molecule has 9 heteroatoms. The van der Waals surface area contributed by atoms with Crippen molar-refractivity contribution in [2.45, 2.75) is 32.7 Å². The Balaban J connectivity index is 1.92. The van der Waals surface area contributed by atoms with Crippen molar-refractivity contribution >= 4 is 27.7 Å². The number of hydrogen-bond acceptors (Lipinski definition) is 7. The number of nitrogens with one attached hydrogen (secondary N) is 1. The maximum absolute atomic E-state index is 13.1. The maximum Gasteiger partial charge on any atom is 0.248 e. The Morgan fingerprint density at radius 1 is 1.26 bits per heavy atom. The largest absolute Gasteiger partial charge is 0.493 e. The lowest BCUT2D eigenvalue weighted by atomic mass is 9.73. The number of anilines is 1. The summed E-state index contributed by atoms with van der Waals surface area (Å²) in [6.45, 7) is 4.19. The second-order valence-corrected chi connectivity index (χ2v) is 8.40. The topological polar surface area (TPSA) is 91.2 Å². The number of aromatic nitrogens is 4. The van der Waals surface area contributed by atoms with E-state index in [1.807, 2.05) is 12.1 Å². The van der Waals surface area contributed by atoms with Crippen LogP contribution in [-0.2, 0) is 4.79 Å². The number of nitrogens with zero attached hydrogens (tertiary/aromatic N) is 4. The van der Waals surface area contributed by atoms with Crippen LogP contribution < -0.4 is 14.8 Å². The van der Waals surface area contributed by atoms with Gasteiger partial charge in [0, 0.05) is 17.7 Å². The van der Waals surface area contributed by atoms with Gasteiger partial charge in [0.25, 0.3) is 0 Å². The monoisotopic (exact) mass is 433 g/mol. The Morgan fingerprint density at radius 2 is 2.04 bits per heavy atom. The molecule has 1 aromatic heterocycles. The van der Waals surface area contributed by atoms with E-state index < -0.39 is 6.04 Å². The lowest BCUT2D eigenvalue weighted by Gasteiger charge is -2.38. The van der Waals surface area contributed by atoms with Gasteiger partial charge in [-0.15, -0.1) is 0 Å². The summed E-state index contributed by atoms with van der Waals surface area (Å²) in [4.78, 5) is 13.1. The van der Waals surface area contributed by atoms with Crippen LogP contribution in [0.2, 0.25) is 0 Å². The van der Waals surface area contributed by atoms with E-state index in [4.69, 9.17) is 9.47 Å². The number of Topliss-reactive ketones (excluding diaryl/α,β-unsaturated/α-hetero) is 1. The lowest BCUT2D eigenvalue weighted by molar-refractivity contribution is -0.118. The molecule has 2 aliphatic rings. The van der Waals surface area contributed by atoms with Crippen LogP contribution in [-0.4, -0.2) is 40.2 Å². The number of ether oxygens (including phenoxy) is 2. The first-order chi connectivity index (χ1) is 12.8. The van der Waals surface area contributed by atoms with Crippen LogP contribution in [0.1, 0.15) is 38.3 Å². The van der Waals surface area contributed by atoms with Gasteiger partial charge in [0.2, 0.25) is 5.95 Å². The van der Waals surface area contributed by atoms with Crippen LogP contribution >= 0.6 is 15.9 Å². The Bertz CT molecular complexity index is 966.